The van der Waals surface area contributed by atoms with Gasteiger partial charge < -0.3 is 19.4 Å². The van der Waals surface area contributed by atoms with E-state index in [0.29, 0.717) is 6.54 Å². The van der Waals surface area contributed by atoms with E-state index in [9.17, 15) is 9.59 Å². The van der Waals surface area contributed by atoms with Gasteiger partial charge in [-0.1, -0.05) is 0 Å². The van der Waals surface area contributed by atoms with Gasteiger partial charge in [-0.2, -0.15) is 5.10 Å². The number of piperidine rings is 1. The SMILES string of the molecule is COCC(=O)N(CCCN1CCCC1)C1CCCN(C(=O)Cn2cc(C)cn2)C1. The van der Waals surface area contributed by atoms with Crippen LogP contribution < -0.4 is 0 Å². The van der Waals surface area contributed by atoms with Crippen LogP contribution in [0.5, 0.6) is 0 Å². The molecule has 1 aromatic heterocycles. The molecule has 2 amide bonds. The number of rotatable bonds is 9. The van der Waals surface area contributed by atoms with Gasteiger partial charge in [-0.15, -0.1) is 0 Å². The van der Waals surface area contributed by atoms with Gasteiger partial charge in [0, 0.05) is 39.0 Å². The summed E-state index contributed by atoms with van der Waals surface area (Å²) in [5, 5.41) is 4.22. The zero-order valence-corrected chi connectivity index (χ0v) is 17.9. The lowest BCUT2D eigenvalue weighted by molar-refractivity contribution is -0.142. The molecule has 0 radical (unpaired) electrons. The number of ether oxygens (including phenoxy) is 1. The van der Waals surface area contributed by atoms with Crippen LogP contribution in [0.3, 0.4) is 0 Å². The Morgan fingerprint density at radius 2 is 2.03 bits per heavy atom. The number of nitrogens with zero attached hydrogens (tertiary/aromatic N) is 5. The van der Waals surface area contributed by atoms with E-state index in [0.717, 1.165) is 44.5 Å². The molecule has 0 saturated carbocycles. The van der Waals surface area contributed by atoms with E-state index in [1.807, 2.05) is 22.9 Å². The van der Waals surface area contributed by atoms with E-state index in [-0.39, 0.29) is 31.0 Å². The molecule has 3 heterocycles. The quantitative estimate of drug-likeness (QED) is 0.616. The summed E-state index contributed by atoms with van der Waals surface area (Å²) in [6, 6.07) is 0.0632. The summed E-state index contributed by atoms with van der Waals surface area (Å²) < 4.78 is 6.80. The minimum absolute atomic E-state index is 0.0240. The number of carbonyl (C=O) groups is 2. The molecule has 2 fully saturated rings. The number of hydrogen-bond donors (Lipinski definition) is 0. The van der Waals surface area contributed by atoms with Gasteiger partial charge >= 0.3 is 0 Å². The van der Waals surface area contributed by atoms with Crippen LogP contribution in [0.15, 0.2) is 12.4 Å². The Kier molecular flexibility index (Phi) is 8.06. The van der Waals surface area contributed by atoms with Gasteiger partial charge in [-0.25, -0.2) is 0 Å². The number of hydrogen-bond acceptors (Lipinski definition) is 5. The Balaban J connectivity index is 1.56. The third-order valence-corrected chi connectivity index (χ3v) is 5.91. The lowest BCUT2D eigenvalue weighted by Crippen LogP contribution is -2.53. The largest absolute Gasteiger partial charge is 0.375 e. The number of amides is 2. The predicted molar refractivity (Wildman–Crippen MR) is 110 cm³/mol. The molecule has 2 aliphatic rings. The summed E-state index contributed by atoms with van der Waals surface area (Å²) >= 11 is 0. The van der Waals surface area contributed by atoms with Crippen molar-refractivity contribution in [3.63, 3.8) is 0 Å². The minimum atomic E-state index is 0.0240. The van der Waals surface area contributed by atoms with Crippen LogP contribution in [0.25, 0.3) is 0 Å². The van der Waals surface area contributed by atoms with Gasteiger partial charge in [0.2, 0.25) is 11.8 Å². The third kappa shape index (κ3) is 6.27. The number of likely N-dealkylation sites (tertiary alicyclic amines) is 2. The Labute approximate surface area is 173 Å². The molecule has 2 saturated heterocycles. The van der Waals surface area contributed by atoms with Crippen LogP contribution in [0.2, 0.25) is 0 Å². The van der Waals surface area contributed by atoms with Crippen molar-refractivity contribution in [3.05, 3.63) is 18.0 Å². The van der Waals surface area contributed by atoms with Crippen molar-refractivity contribution in [3.8, 4) is 0 Å². The van der Waals surface area contributed by atoms with Gasteiger partial charge in [0.25, 0.3) is 0 Å². The van der Waals surface area contributed by atoms with E-state index in [1.165, 1.54) is 25.9 Å². The summed E-state index contributed by atoms with van der Waals surface area (Å²) in [6.07, 6.45) is 9.02. The summed E-state index contributed by atoms with van der Waals surface area (Å²) in [5.74, 6) is 0.0879. The molecule has 0 spiro atoms. The summed E-state index contributed by atoms with van der Waals surface area (Å²) in [5.41, 5.74) is 1.05. The Morgan fingerprint density at radius 1 is 1.24 bits per heavy atom. The average Bonchev–Trinajstić information content (AvgIpc) is 3.37. The van der Waals surface area contributed by atoms with Crippen LogP contribution in [0, 0.1) is 6.92 Å². The first-order chi connectivity index (χ1) is 14.1. The maximum absolute atomic E-state index is 12.8. The van der Waals surface area contributed by atoms with Crippen molar-refractivity contribution in [2.45, 2.75) is 51.6 Å². The number of aryl methyl sites for hydroxylation is 1. The van der Waals surface area contributed by atoms with Gasteiger partial charge in [-0.3, -0.25) is 14.3 Å². The van der Waals surface area contributed by atoms with Crippen molar-refractivity contribution >= 4 is 11.8 Å². The molecule has 0 aromatic carbocycles. The summed E-state index contributed by atoms with van der Waals surface area (Å²) in [6.45, 7) is 7.76. The molecule has 0 aliphatic carbocycles. The smallest absolute Gasteiger partial charge is 0.248 e. The molecule has 1 aromatic rings. The van der Waals surface area contributed by atoms with Crippen molar-refractivity contribution in [2.75, 3.05) is 53.0 Å². The van der Waals surface area contributed by atoms with Crippen LogP contribution in [-0.4, -0.2) is 95.3 Å². The first-order valence-corrected chi connectivity index (χ1v) is 10.8. The van der Waals surface area contributed by atoms with Crippen LogP contribution in [-0.2, 0) is 20.9 Å². The van der Waals surface area contributed by atoms with Crippen molar-refractivity contribution in [2.24, 2.45) is 0 Å². The Morgan fingerprint density at radius 3 is 2.72 bits per heavy atom. The fraction of sp³-hybridized carbons (Fsp3) is 0.762. The maximum atomic E-state index is 12.8. The second-order valence-corrected chi connectivity index (χ2v) is 8.27. The molecule has 8 nitrogen and oxygen atoms in total. The zero-order valence-electron chi connectivity index (χ0n) is 17.9. The van der Waals surface area contributed by atoms with Crippen LogP contribution >= 0.6 is 0 Å². The molecule has 162 valence electrons. The van der Waals surface area contributed by atoms with Gasteiger partial charge in [0.15, 0.2) is 0 Å². The molecule has 0 bridgehead atoms. The summed E-state index contributed by atoms with van der Waals surface area (Å²) in [7, 11) is 1.56. The fourth-order valence-corrected chi connectivity index (χ4v) is 4.42. The number of carbonyl (C=O) groups excluding carboxylic acids is 2. The van der Waals surface area contributed by atoms with E-state index >= 15 is 0 Å². The van der Waals surface area contributed by atoms with Gasteiger partial charge in [0.1, 0.15) is 13.2 Å². The molecule has 2 aliphatic heterocycles. The van der Waals surface area contributed by atoms with Crippen molar-refractivity contribution in [1.29, 1.82) is 0 Å². The highest BCUT2D eigenvalue weighted by atomic mass is 16.5. The topological polar surface area (TPSA) is 70.9 Å². The molecule has 1 atom stereocenters. The van der Waals surface area contributed by atoms with E-state index in [2.05, 4.69) is 10.00 Å². The molecule has 8 heteroatoms. The molecular formula is C21H35N5O3. The van der Waals surface area contributed by atoms with Crippen molar-refractivity contribution < 1.29 is 14.3 Å². The normalized spacial score (nSPS) is 20.2. The molecule has 0 N–H and O–H groups in total. The first-order valence-electron chi connectivity index (χ1n) is 10.8. The van der Waals surface area contributed by atoms with Gasteiger partial charge in [-0.05, 0) is 64.2 Å². The van der Waals surface area contributed by atoms with Crippen LogP contribution in [0.1, 0.15) is 37.7 Å². The highest BCUT2D eigenvalue weighted by Gasteiger charge is 2.30. The van der Waals surface area contributed by atoms with Crippen LogP contribution in [0.4, 0.5) is 0 Å². The second-order valence-electron chi connectivity index (χ2n) is 8.27. The number of methoxy groups -OCH3 is 1. The molecule has 1 unspecified atom stereocenters. The summed E-state index contributed by atoms with van der Waals surface area (Å²) in [4.78, 5) is 31.8. The molecular weight excluding hydrogens is 370 g/mol. The van der Waals surface area contributed by atoms with Crippen molar-refractivity contribution in [1.82, 2.24) is 24.5 Å². The third-order valence-electron chi connectivity index (χ3n) is 5.91. The van der Waals surface area contributed by atoms with E-state index < -0.39 is 0 Å². The van der Waals surface area contributed by atoms with Gasteiger partial charge in [0.05, 0.1) is 6.20 Å². The lowest BCUT2D eigenvalue weighted by Gasteiger charge is -2.39. The molecule has 3 rings (SSSR count). The molecule has 29 heavy (non-hydrogen) atoms. The van der Waals surface area contributed by atoms with E-state index in [4.69, 9.17) is 4.74 Å². The second kappa shape index (κ2) is 10.7. The maximum Gasteiger partial charge on any atom is 0.248 e. The highest BCUT2D eigenvalue weighted by molar-refractivity contribution is 5.78. The number of aromatic nitrogens is 2. The minimum Gasteiger partial charge on any atom is -0.375 e. The fourth-order valence-electron chi connectivity index (χ4n) is 4.42. The zero-order chi connectivity index (χ0) is 20.6. The predicted octanol–water partition coefficient (Wildman–Crippen LogP) is 1.14. The highest BCUT2D eigenvalue weighted by Crippen LogP contribution is 2.18. The lowest BCUT2D eigenvalue weighted by atomic mass is 10.0. The van der Waals surface area contributed by atoms with E-state index in [1.54, 1.807) is 18.0 Å². The first kappa shape index (κ1) is 21.8. The average molecular weight is 406 g/mol. The Hall–Kier alpha value is -1.93. The standard InChI is InChI=1S/C21H35N5O3/c1-18-13-22-25(14-18)16-20(27)24-11-5-7-19(15-24)26(21(28)17-29-2)12-6-10-23-8-3-4-9-23/h13-14,19H,3-12,15-17H2,1-2H3. The monoisotopic (exact) mass is 405 g/mol. The Bertz CT molecular complexity index is 671.